The largest absolute Gasteiger partial charge is 0.408 e. The second-order valence-electron chi connectivity index (χ2n) is 5.91. The van der Waals surface area contributed by atoms with Gasteiger partial charge in [-0.05, 0) is 32.6 Å². The first-order valence-corrected chi connectivity index (χ1v) is 7.48. The molecule has 1 aliphatic rings. The molecule has 2 aromatic heterocycles. The molecule has 0 amide bonds. The first-order valence-electron chi connectivity index (χ1n) is 7.48. The number of hydrogen-bond acceptors (Lipinski definition) is 5. The zero-order valence-corrected chi connectivity index (χ0v) is 12.7. The smallest absolute Gasteiger partial charge is 0.328 e. The lowest BCUT2D eigenvalue weighted by Gasteiger charge is -2.25. The van der Waals surface area contributed by atoms with Gasteiger partial charge in [0.05, 0.1) is 12.2 Å². The molecule has 0 radical (unpaired) electrons. The standard InChI is InChI=1S/C13H18F3N7/c1-8-18-12(23(20-8)7-13(14,15)16)11-6-22(21-19-11)10-4-2-9(17)3-5-10/h6,9-10H,2-5,7,17H2,1H3. The van der Waals surface area contributed by atoms with Crippen LogP contribution in [0.3, 0.4) is 0 Å². The van der Waals surface area contributed by atoms with Gasteiger partial charge in [0, 0.05) is 6.04 Å². The molecule has 3 rings (SSSR count). The van der Waals surface area contributed by atoms with Gasteiger partial charge in [0.15, 0.2) is 5.82 Å². The van der Waals surface area contributed by atoms with Crippen molar-refractivity contribution in [2.75, 3.05) is 0 Å². The highest BCUT2D eigenvalue weighted by molar-refractivity contribution is 5.47. The quantitative estimate of drug-likeness (QED) is 0.928. The molecule has 1 fully saturated rings. The van der Waals surface area contributed by atoms with Crippen LogP contribution >= 0.6 is 0 Å². The Morgan fingerprint density at radius 1 is 1.26 bits per heavy atom. The maximum absolute atomic E-state index is 12.6. The first-order chi connectivity index (χ1) is 10.8. The third-order valence-electron chi connectivity index (χ3n) is 3.96. The summed E-state index contributed by atoms with van der Waals surface area (Å²) in [6, 6.07) is 0.392. The zero-order valence-electron chi connectivity index (χ0n) is 12.7. The number of hydrogen-bond donors (Lipinski definition) is 1. The van der Waals surface area contributed by atoms with Crippen LogP contribution in [0.25, 0.3) is 11.5 Å². The Morgan fingerprint density at radius 2 is 1.96 bits per heavy atom. The highest BCUT2D eigenvalue weighted by atomic mass is 19.4. The lowest BCUT2D eigenvalue weighted by atomic mass is 9.92. The Balaban J connectivity index is 1.83. The van der Waals surface area contributed by atoms with Crippen LogP contribution in [0.4, 0.5) is 13.2 Å². The fourth-order valence-corrected chi connectivity index (χ4v) is 2.85. The van der Waals surface area contributed by atoms with E-state index in [1.165, 1.54) is 0 Å². The predicted octanol–water partition coefficient (Wildman–Crippen LogP) is 1.85. The van der Waals surface area contributed by atoms with Crippen molar-refractivity contribution in [1.82, 2.24) is 29.8 Å². The predicted molar refractivity (Wildman–Crippen MR) is 75.3 cm³/mol. The van der Waals surface area contributed by atoms with Gasteiger partial charge in [0.25, 0.3) is 0 Å². The van der Waals surface area contributed by atoms with E-state index in [0.717, 1.165) is 30.4 Å². The van der Waals surface area contributed by atoms with Gasteiger partial charge in [-0.15, -0.1) is 5.10 Å². The molecule has 0 saturated heterocycles. The van der Waals surface area contributed by atoms with Crippen molar-refractivity contribution in [3.8, 4) is 11.5 Å². The lowest BCUT2D eigenvalue weighted by Crippen LogP contribution is -2.28. The van der Waals surface area contributed by atoms with Crippen LogP contribution in [0.5, 0.6) is 0 Å². The van der Waals surface area contributed by atoms with Crippen LogP contribution in [-0.4, -0.2) is 42.0 Å². The number of halogens is 3. The van der Waals surface area contributed by atoms with Crippen LogP contribution in [0, 0.1) is 6.92 Å². The van der Waals surface area contributed by atoms with Crippen molar-refractivity contribution in [3.05, 3.63) is 12.0 Å². The van der Waals surface area contributed by atoms with E-state index in [9.17, 15) is 13.2 Å². The van der Waals surface area contributed by atoms with Crippen molar-refractivity contribution >= 4 is 0 Å². The molecule has 0 spiro atoms. The molecule has 10 heteroatoms. The Labute approximate surface area is 130 Å². The van der Waals surface area contributed by atoms with Gasteiger partial charge >= 0.3 is 6.18 Å². The SMILES string of the molecule is Cc1nc(-c2cn(C3CCC(N)CC3)nn2)n(CC(F)(F)F)n1. The molecule has 7 nitrogen and oxygen atoms in total. The van der Waals surface area contributed by atoms with Crippen LogP contribution in [0.2, 0.25) is 0 Å². The van der Waals surface area contributed by atoms with Crippen LogP contribution in [0.1, 0.15) is 37.5 Å². The summed E-state index contributed by atoms with van der Waals surface area (Å²) in [5.41, 5.74) is 6.18. The van der Waals surface area contributed by atoms with E-state index in [-0.39, 0.29) is 23.7 Å². The van der Waals surface area contributed by atoms with Gasteiger partial charge in [-0.3, -0.25) is 0 Å². The number of alkyl halides is 3. The normalized spacial score (nSPS) is 22.5. The van der Waals surface area contributed by atoms with Gasteiger partial charge in [0.2, 0.25) is 0 Å². The fourth-order valence-electron chi connectivity index (χ4n) is 2.85. The van der Waals surface area contributed by atoms with Gasteiger partial charge in [0.1, 0.15) is 18.1 Å². The molecular formula is C13H18F3N7. The van der Waals surface area contributed by atoms with E-state index < -0.39 is 12.7 Å². The second kappa shape index (κ2) is 5.91. The van der Waals surface area contributed by atoms with Crippen LogP contribution in [0.15, 0.2) is 6.20 Å². The average molecular weight is 329 g/mol. The average Bonchev–Trinajstić information content (AvgIpc) is 3.05. The van der Waals surface area contributed by atoms with E-state index in [2.05, 4.69) is 20.4 Å². The summed E-state index contributed by atoms with van der Waals surface area (Å²) in [5, 5.41) is 11.8. The lowest BCUT2D eigenvalue weighted by molar-refractivity contribution is -0.142. The van der Waals surface area contributed by atoms with Crippen molar-refractivity contribution in [1.29, 1.82) is 0 Å². The summed E-state index contributed by atoms with van der Waals surface area (Å²) in [5.74, 6) is 0.348. The Hall–Kier alpha value is -1.97. The summed E-state index contributed by atoms with van der Waals surface area (Å²) in [4.78, 5) is 4.05. The van der Waals surface area contributed by atoms with Gasteiger partial charge in [-0.1, -0.05) is 5.21 Å². The Bertz CT molecular complexity index is 667. The molecule has 2 heterocycles. The Morgan fingerprint density at radius 3 is 2.61 bits per heavy atom. The van der Waals surface area contributed by atoms with E-state index in [0.29, 0.717) is 5.69 Å². The van der Waals surface area contributed by atoms with Gasteiger partial charge < -0.3 is 5.73 Å². The minimum atomic E-state index is -4.37. The summed E-state index contributed by atoms with van der Waals surface area (Å²) in [7, 11) is 0. The summed E-state index contributed by atoms with van der Waals surface area (Å²) in [6.45, 7) is 0.345. The second-order valence-corrected chi connectivity index (χ2v) is 5.91. The molecule has 23 heavy (non-hydrogen) atoms. The van der Waals surface area contributed by atoms with E-state index in [1.54, 1.807) is 17.8 Å². The van der Waals surface area contributed by atoms with E-state index in [4.69, 9.17) is 5.73 Å². The third-order valence-corrected chi connectivity index (χ3v) is 3.96. The molecule has 0 atom stereocenters. The van der Waals surface area contributed by atoms with Crippen molar-refractivity contribution < 1.29 is 13.2 Å². The van der Waals surface area contributed by atoms with Crippen molar-refractivity contribution in [2.24, 2.45) is 5.73 Å². The maximum atomic E-state index is 12.6. The van der Waals surface area contributed by atoms with Crippen molar-refractivity contribution in [3.63, 3.8) is 0 Å². The number of aromatic nitrogens is 6. The maximum Gasteiger partial charge on any atom is 0.408 e. The summed E-state index contributed by atoms with van der Waals surface area (Å²) in [6.07, 6.45) is 0.852. The Kier molecular flexibility index (Phi) is 4.09. The number of nitrogens with two attached hydrogens (primary N) is 1. The molecule has 0 aromatic carbocycles. The highest BCUT2D eigenvalue weighted by Gasteiger charge is 2.31. The highest BCUT2D eigenvalue weighted by Crippen LogP contribution is 2.28. The van der Waals surface area contributed by atoms with Crippen LogP contribution in [-0.2, 0) is 6.54 Å². The summed E-state index contributed by atoms with van der Waals surface area (Å²) >= 11 is 0. The topological polar surface area (TPSA) is 87.4 Å². The number of aryl methyl sites for hydroxylation is 1. The zero-order chi connectivity index (χ0) is 16.6. The molecule has 2 N–H and O–H groups in total. The number of rotatable bonds is 3. The molecule has 1 saturated carbocycles. The van der Waals surface area contributed by atoms with E-state index in [1.807, 2.05) is 0 Å². The molecule has 1 aliphatic carbocycles. The molecule has 0 bridgehead atoms. The third kappa shape index (κ3) is 3.69. The fraction of sp³-hybridized carbons (Fsp3) is 0.692. The molecule has 126 valence electrons. The first kappa shape index (κ1) is 15.9. The van der Waals surface area contributed by atoms with Crippen molar-refractivity contribution in [2.45, 2.75) is 57.4 Å². The molecule has 0 aliphatic heterocycles. The molecule has 0 unspecified atom stereocenters. The van der Waals surface area contributed by atoms with E-state index >= 15 is 0 Å². The van der Waals surface area contributed by atoms with Gasteiger partial charge in [-0.25, -0.2) is 14.3 Å². The molecule has 2 aromatic rings. The minimum absolute atomic E-state index is 0.0820. The van der Waals surface area contributed by atoms with Crippen LogP contribution < -0.4 is 5.73 Å². The summed E-state index contributed by atoms with van der Waals surface area (Å²) < 4.78 is 40.4. The van der Waals surface area contributed by atoms with Gasteiger partial charge in [-0.2, -0.15) is 18.3 Å². The minimum Gasteiger partial charge on any atom is -0.328 e. The number of nitrogens with zero attached hydrogens (tertiary/aromatic N) is 6. The monoisotopic (exact) mass is 329 g/mol. The molecular weight excluding hydrogens is 311 g/mol.